The number of anilines is 3. The van der Waals surface area contributed by atoms with Crippen LogP contribution in [0.15, 0.2) is 91.0 Å². The number of aryl methyl sites for hydroxylation is 1. The van der Waals surface area contributed by atoms with Crippen LogP contribution in [0.25, 0.3) is 11.3 Å². The Morgan fingerprint density at radius 3 is 2.26 bits per heavy atom. The van der Waals surface area contributed by atoms with Crippen LogP contribution in [0.1, 0.15) is 16.8 Å². The Kier molecular flexibility index (Phi) is 6.05. The van der Waals surface area contributed by atoms with E-state index < -0.39 is 0 Å². The molecule has 0 fully saturated rings. The molecule has 4 aromatic rings. The van der Waals surface area contributed by atoms with E-state index in [1.165, 1.54) is 0 Å². The molecular formula is C25H21N5O. The third-order valence-electron chi connectivity index (χ3n) is 4.76. The lowest BCUT2D eigenvalue weighted by Crippen LogP contribution is -2.13. The standard InChI is InChI=1S/C25H21N5O/c26-16-9-17-30-24(18-23(29-30)19-10-3-1-4-11-19)27-21-14-7-8-15-22(21)28-25(31)20-12-5-2-6-13-20/h1-8,10-15,18,27H,9,17H2,(H,28,31). The van der Waals surface area contributed by atoms with Crippen molar-refractivity contribution in [3.63, 3.8) is 0 Å². The van der Waals surface area contributed by atoms with Crippen molar-refractivity contribution in [1.82, 2.24) is 9.78 Å². The number of amides is 1. The van der Waals surface area contributed by atoms with E-state index >= 15 is 0 Å². The summed E-state index contributed by atoms with van der Waals surface area (Å²) in [6, 6.07) is 30.6. The number of nitrogens with zero attached hydrogens (tertiary/aromatic N) is 3. The zero-order valence-corrected chi connectivity index (χ0v) is 16.8. The van der Waals surface area contributed by atoms with E-state index in [-0.39, 0.29) is 5.91 Å². The van der Waals surface area contributed by atoms with Crippen LogP contribution < -0.4 is 10.6 Å². The number of benzene rings is 3. The topological polar surface area (TPSA) is 82.7 Å². The van der Waals surface area contributed by atoms with Crippen molar-refractivity contribution in [2.24, 2.45) is 0 Å². The molecule has 2 N–H and O–H groups in total. The largest absolute Gasteiger partial charge is 0.339 e. The molecule has 6 nitrogen and oxygen atoms in total. The van der Waals surface area contributed by atoms with E-state index in [2.05, 4.69) is 21.8 Å². The van der Waals surface area contributed by atoms with Crippen molar-refractivity contribution >= 4 is 23.1 Å². The van der Waals surface area contributed by atoms with Gasteiger partial charge in [0, 0.05) is 17.2 Å². The Balaban J connectivity index is 1.62. The predicted octanol–water partition coefficient (Wildman–Crippen LogP) is 5.46. The summed E-state index contributed by atoms with van der Waals surface area (Å²) < 4.78 is 1.78. The van der Waals surface area contributed by atoms with Crippen LogP contribution in [-0.2, 0) is 6.54 Å². The minimum atomic E-state index is -0.183. The molecule has 0 aliphatic heterocycles. The highest BCUT2D eigenvalue weighted by Crippen LogP contribution is 2.29. The van der Waals surface area contributed by atoms with Gasteiger partial charge in [0.15, 0.2) is 0 Å². The normalized spacial score (nSPS) is 10.3. The van der Waals surface area contributed by atoms with Gasteiger partial charge in [-0.1, -0.05) is 60.7 Å². The molecule has 1 aromatic heterocycles. The van der Waals surface area contributed by atoms with Crippen molar-refractivity contribution in [3.05, 3.63) is 96.6 Å². The average Bonchev–Trinajstić information content (AvgIpc) is 3.22. The van der Waals surface area contributed by atoms with Crippen molar-refractivity contribution < 1.29 is 4.79 Å². The van der Waals surface area contributed by atoms with E-state index in [1.54, 1.807) is 16.8 Å². The molecule has 0 aliphatic rings. The Labute approximate surface area is 180 Å². The van der Waals surface area contributed by atoms with Gasteiger partial charge in [0.25, 0.3) is 5.91 Å². The average molecular weight is 407 g/mol. The maximum absolute atomic E-state index is 12.6. The van der Waals surface area contributed by atoms with Crippen LogP contribution in [0.4, 0.5) is 17.2 Å². The molecule has 3 aromatic carbocycles. The quantitative estimate of drug-likeness (QED) is 0.426. The number of hydrogen-bond acceptors (Lipinski definition) is 4. The molecule has 4 rings (SSSR count). The molecule has 0 spiro atoms. The number of carbonyl (C=O) groups is 1. The zero-order chi connectivity index (χ0) is 21.5. The number of hydrogen-bond donors (Lipinski definition) is 2. The highest BCUT2D eigenvalue weighted by molar-refractivity contribution is 6.06. The van der Waals surface area contributed by atoms with Gasteiger partial charge in [-0.15, -0.1) is 0 Å². The highest BCUT2D eigenvalue weighted by atomic mass is 16.1. The zero-order valence-electron chi connectivity index (χ0n) is 16.8. The molecule has 1 heterocycles. The van der Waals surface area contributed by atoms with Gasteiger partial charge in [0.1, 0.15) is 5.82 Å². The fourth-order valence-corrected chi connectivity index (χ4v) is 3.22. The lowest BCUT2D eigenvalue weighted by Gasteiger charge is -2.14. The third-order valence-corrected chi connectivity index (χ3v) is 4.76. The van der Waals surface area contributed by atoms with Crippen molar-refractivity contribution in [3.8, 4) is 17.3 Å². The summed E-state index contributed by atoms with van der Waals surface area (Å²) in [4.78, 5) is 12.6. The van der Waals surface area contributed by atoms with Gasteiger partial charge in [-0.05, 0) is 24.3 Å². The molecule has 0 saturated carbocycles. The van der Waals surface area contributed by atoms with Gasteiger partial charge in [0.2, 0.25) is 0 Å². The van der Waals surface area contributed by atoms with E-state index in [0.717, 1.165) is 22.8 Å². The van der Waals surface area contributed by atoms with E-state index in [9.17, 15) is 4.79 Å². The number of nitrogens with one attached hydrogen (secondary N) is 2. The Bertz CT molecular complexity index is 1210. The van der Waals surface area contributed by atoms with E-state index in [4.69, 9.17) is 5.26 Å². The maximum Gasteiger partial charge on any atom is 0.255 e. The fourth-order valence-electron chi connectivity index (χ4n) is 3.22. The first-order valence-electron chi connectivity index (χ1n) is 9.97. The molecular weight excluding hydrogens is 386 g/mol. The Morgan fingerprint density at radius 1 is 0.903 bits per heavy atom. The van der Waals surface area contributed by atoms with Gasteiger partial charge in [-0.3, -0.25) is 4.79 Å². The molecule has 0 unspecified atom stereocenters. The van der Waals surface area contributed by atoms with Gasteiger partial charge < -0.3 is 10.6 Å². The number of aromatic nitrogens is 2. The van der Waals surface area contributed by atoms with Crippen LogP contribution in [-0.4, -0.2) is 15.7 Å². The second-order valence-electron chi connectivity index (χ2n) is 6.90. The summed E-state index contributed by atoms with van der Waals surface area (Å²) >= 11 is 0. The molecule has 0 atom stereocenters. The predicted molar refractivity (Wildman–Crippen MR) is 122 cm³/mol. The molecule has 31 heavy (non-hydrogen) atoms. The van der Waals surface area contributed by atoms with Crippen molar-refractivity contribution in [2.75, 3.05) is 10.6 Å². The van der Waals surface area contributed by atoms with Crippen LogP contribution in [0.5, 0.6) is 0 Å². The molecule has 0 radical (unpaired) electrons. The summed E-state index contributed by atoms with van der Waals surface area (Å²) in [5.74, 6) is 0.563. The first kappa shape index (κ1) is 19.9. The van der Waals surface area contributed by atoms with E-state index in [0.29, 0.717) is 24.2 Å². The smallest absolute Gasteiger partial charge is 0.255 e. The first-order valence-corrected chi connectivity index (χ1v) is 9.97. The lowest BCUT2D eigenvalue weighted by molar-refractivity contribution is 0.102. The number of nitriles is 1. The number of carbonyl (C=O) groups excluding carboxylic acids is 1. The monoisotopic (exact) mass is 407 g/mol. The summed E-state index contributed by atoms with van der Waals surface area (Å²) in [7, 11) is 0. The van der Waals surface area contributed by atoms with Gasteiger partial charge >= 0.3 is 0 Å². The summed E-state index contributed by atoms with van der Waals surface area (Å²) in [6.45, 7) is 0.463. The summed E-state index contributed by atoms with van der Waals surface area (Å²) in [5.41, 5.74) is 3.79. The van der Waals surface area contributed by atoms with Crippen LogP contribution in [0, 0.1) is 11.3 Å². The number of rotatable bonds is 7. The molecule has 0 bridgehead atoms. The first-order chi connectivity index (χ1) is 15.2. The molecule has 6 heteroatoms. The number of para-hydroxylation sites is 2. The molecule has 0 saturated heterocycles. The second kappa shape index (κ2) is 9.42. The second-order valence-corrected chi connectivity index (χ2v) is 6.90. The fraction of sp³-hybridized carbons (Fsp3) is 0.0800. The Morgan fingerprint density at radius 2 is 1.55 bits per heavy atom. The van der Waals surface area contributed by atoms with Gasteiger partial charge in [-0.2, -0.15) is 10.4 Å². The lowest BCUT2D eigenvalue weighted by atomic mass is 10.1. The Hall–Kier alpha value is -4.37. The van der Waals surface area contributed by atoms with Crippen molar-refractivity contribution in [1.29, 1.82) is 5.26 Å². The molecule has 152 valence electrons. The summed E-state index contributed by atoms with van der Waals surface area (Å²) in [5, 5.41) is 20.0. The minimum Gasteiger partial charge on any atom is -0.339 e. The van der Waals surface area contributed by atoms with Crippen LogP contribution >= 0.6 is 0 Å². The van der Waals surface area contributed by atoms with Gasteiger partial charge in [-0.25, -0.2) is 4.68 Å². The van der Waals surface area contributed by atoms with Crippen LogP contribution in [0.2, 0.25) is 0 Å². The van der Waals surface area contributed by atoms with Crippen molar-refractivity contribution in [2.45, 2.75) is 13.0 Å². The maximum atomic E-state index is 12.6. The van der Waals surface area contributed by atoms with Gasteiger partial charge in [0.05, 0.1) is 36.1 Å². The van der Waals surface area contributed by atoms with E-state index in [1.807, 2.05) is 78.9 Å². The molecule has 1 amide bonds. The highest BCUT2D eigenvalue weighted by Gasteiger charge is 2.13. The summed E-state index contributed by atoms with van der Waals surface area (Å²) in [6.07, 6.45) is 0.344. The SMILES string of the molecule is N#CCCn1nc(-c2ccccc2)cc1Nc1ccccc1NC(=O)c1ccccc1. The van der Waals surface area contributed by atoms with Crippen LogP contribution in [0.3, 0.4) is 0 Å². The molecule has 0 aliphatic carbocycles. The minimum absolute atomic E-state index is 0.183. The third kappa shape index (κ3) is 4.80.